The van der Waals surface area contributed by atoms with Crippen molar-refractivity contribution in [1.82, 2.24) is 40.1 Å². The molecule has 0 amide bonds. The highest BCUT2D eigenvalue weighted by atomic mass is 16.5. The number of benzene rings is 1. The van der Waals surface area contributed by atoms with Crippen molar-refractivity contribution in [1.29, 1.82) is 0 Å². The molecule has 2 aliphatic rings. The monoisotopic (exact) mass is 488 g/mol. The molecule has 186 valence electrons. The Bertz CT molecular complexity index is 1310. The van der Waals surface area contributed by atoms with Gasteiger partial charge in [0, 0.05) is 62.7 Å². The van der Waals surface area contributed by atoms with Gasteiger partial charge in [0.15, 0.2) is 5.82 Å². The second-order valence-electron chi connectivity index (χ2n) is 9.12. The molecule has 1 saturated heterocycles. The number of hydrogen-bond donors (Lipinski definition) is 1. The van der Waals surface area contributed by atoms with Gasteiger partial charge in [0.2, 0.25) is 5.95 Å². The standard InChI is InChI=1S/C24H28N10O2/c1-33-23(30-31-32-33)16-14-27-24(28-15-16)29-17-2-4-19(5-3-17)36-21-13-18(34-8-10-35-11-9-34)12-20-22(21)26-7-6-25-20/h6-7,12-15,17,19H,2-5,8-11H2,1H3,(H,27,28,29)/t17-,19+. The normalized spacial score (nSPS) is 20.4. The lowest BCUT2D eigenvalue weighted by molar-refractivity contribution is 0.122. The Kier molecular flexibility index (Phi) is 6.24. The minimum atomic E-state index is 0.125. The van der Waals surface area contributed by atoms with Gasteiger partial charge >= 0.3 is 0 Å². The maximum absolute atomic E-state index is 6.53. The van der Waals surface area contributed by atoms with Gasteiger partial charge in [0.25, 0.3) is 0 Å². The lowest BCUT2D eigenvalue weighted by Crippen LogP contribution is -2.36. The summed E-state index contributed by atoms with van der Waals surface area (Å²) in [6.07, 6.45) is 10.9. The van der Waals surface area contributed by atoms with Crippen molar-refractivity contribution in [3.05, 3.63) is 36.9 Å². The third kappa shape index (κ3) is 4.76. The maximum atomic E-state index is 6.53. The van der Waals surface area contributed by atoms with Crippen molar-refractivity contribution in [2.75, 3.05) is 36.5 Å². The van der Waals surface area contributed by atoms with Crippen LogP contribution in [0.3, 0.4) is 0 Å². The third-order valence-corrected chi connectivity index (χ3v) is 6.73. The van der Waals surface area contributed by atoms with Crippen molar-refractivity contribution in [2.24, 2.45) is 7.05 Å². The van der Waals surface area contributed by atoms with Crippen LogP contribution in [0.1, 0.15) is 25.7 Å². The highest BCUT2D eigenvalue weighted by Gasteiger charge is 2.25. The van der Waals surface area contributed by atoms with E-state index in [1.165, 1.54) is 0 Å². The van der Waals surface area contributed by atoms with Crippen molar-refractivity contribution >= 4 is 22.7 Å². The van der Waals surface area contributed by atoms with Crippen LogP contribution in [0.2, 0.25) is 0 Å². The number of nitrogens with zero attached hydrogens (tertiary/aromatic N) is 9. The van der Waals surface area contributed by atoms with E-state index in [4.69, 9.17) is 9.47 Å². The molecule has 0 unspecified atom stereocenters. The van der Waals surface area contributed by atoms with Crippen LogP contribution in [-0.2, 0) is 11.8 Å². The quantitative estimate of drug-likeness (QED) is 0.429. The number of hydrogen-bond acceptors (Lipinski definition) is 11. The van der Waals surface area contributed by atoms with Crippen LogP contribution < -0.4 is 15.0 Å². The highest BCUT2D eigenvalue weighted by molar-refractivity contribution is 5.85. The summed E-state index contributed by atoms with van der Waals surface area (Å²) in [5, 5.41) is 15.0. The second kappa shape index (κ2) is 9.97. The summed E-state index contributed by atoms with van der Waals surface area (Å²) in [5.41, 5.74) is 3.54. The molecule has 0 bridgehead atoms. The predicted molar refractivity (Wildman–Crippen MR) is 133 cm³/mol. The Morgan fingerprint density at radius 3 is 2.50 bits per heavy atom. The molecular weight excluding hydrogens is 460 g/mol. The molecule has 4 aromatic rings. The molecule has 1 aromatic carbocycles. The molecule has 12 heteroatoms. The van der Waals surface area contributed by atoms with E-state index >= 15 is 0 Å². The first-order chi connectivity index (χ1) is 17.7. The van der Waals surface area contributed by atoms with Crippen LogP contribution in [0.15, 0.2) is 36.9 Å². The smallest absolute Gasteiger partial charge is 0.222 e. The first-order valence-corrected chi connectivity index (χ1v) is 12.3. The van der Waals surface area contributed by atoms with E-state index in [0.717, 1.165) is 80.0 Å². The van der Waals surface area contributed by atoms with Crippen LogP contribution >= 0.6 is 0 Å². The van der Waals surface area contributed by atoms with Gasteiger partial charge in [-0.15, -0.1) is 5.10 Å². The van der Waals surface area contributed by atoms with E-state index < -0.39 is 0 Å². The van der Waals surface area contributed by atoms with Gasteiger partial charge in [-0.25, -0.2) is 19.6 Å². The number of aryl methyl sites for hydroxylation is 1. The van der Waals surface area contributed by atoms with Crippen molar-refractivity contribution in [3.8, 4) is 17.1 Å². The van der Waals surface area contributed by atoms with Gasteiger partial charge in [-0.2, -0.15) is 0 Å². The van der Waals surface area contributed by atoms with E-state index in [1.807, 2.05) is 0 Å². The van der Waals surface area contributed by atoms with Crippen LogP contribution in [0.4, 0.5) is 11.6 Å². The van der Waals surface area contributed by atoms with E-state index in [2.05, 4.69) is 57.8 Å². The van der Waals surface area contributed by atoms with Crippen molar-refractivity contribution in [3.63, 3.8) is 0 Å². The molecule has 1 N–H and O–H groups in total. The van der Waals surface area contributed by atoms with Crippen molar-refractivity contribution < 1.29 is 9.47 Å². The molecule has 0 atom stereocenters. The summed E-state index contributed by atoms with van der Waals surface area (Å²) in [5.74, 6) is 2.04. The highest BCUT2D eigenvalue weighted by Crippen LogP contribution is 2.33. The lowest BCUT2D eigenvalue weighted by Gasteiger charge is -2.31. The fourth-order valence-electron chi connectivity index (χ4n) is 4.80. The molecule has 36 heavy (non-hydrogen) atoms. The fourth-order valence-corrected chi connectivity index (χ4v) is 4.80. The molecule has 3 aromatic heterocycles. The van der Waals surface area contributed by atoms with Gasteiger partial charge in [-0.05, 0) is 42.2 Å². The molecule has 6 rings (SSSR count). The zero-order valence-corrected chi connectivity index (χ0v) is 20.1. The Hall–Kier alpha value is -3.93. The largest absolute Gasteiger partial charge is 0.488 e. The summed E-state index contributed by atoms with van der Waals surface area (Å²) in [6, 6.07) is 4.49. The molecule has 1 saturated carbocycles. The number of rotatable bonds is 6. The van der Waals surface area contributed by atoms with Gasteiger partial charge in [0.1, 0.15) is 11.3 Å². The molecule has 0 spiro atoms. The number of nitrogens with one attached hydrogen (secondary N) is 1. The second-order valence-corrected chi connectivity index (χ2v) is 9.12. The molecule has 1 aliphatic heterocycles. The average molecular weight is 489 g/mol. The molecule has 0 radical (unpaired) electrons. The molecule has 2 fully saturated rings. The summed E-state index contributed by atoms with van der Waals surface area (Å²) in [6.45, 7) is 3.19. The van der Waals surface area contributed by atoms with Crippen molar-refractivity contribution in [2.45, 2.75) is 37.8 Å². The van der Waals surface area contributed by atoms with E-state index in [9.17, 15) is 0 Å². The summed E-state index contributed by atoms with van der Waals surface area (Å²) in [7, 11) is 1.79. The van der Waals surface area contributed by atoms with E-state index in [0.29, 0.717) is 17.8 Å². The summed E-state index contributed by atoms with van der Waals surface area (Å²) in [4.78, 5) is 20.3. The minimum Gasteiger partial charge on any atom is -0.488 e. The van der Waals surface area contributed by atoms with Crippen LogP contribution in [-0.4, -0.2) is 78.6 Å². The van der Waals surface area contributed by atoms with Crippen LogP contribution in [0, 0.1) is 0 Å². The Labute approximate surface area is 208 Å². The predicted octanol–water partition coefficient (Wildman–Crippen LogP) is 2.25. The zero-order valence-electron chi connectivity index (χ0n) is 20.1. The summed E-state index contributed by atoms with van der Waals surface area (Å²) >= 11 is 0. The SMILES string of the molecule is Cn1nnnc1-c1cnc(N[C@H]2CC[C@@H](Oc3cc(N4CCOCC4)cc4nccnc34)CC2)nc1. The number of anilines is 2. The number of fused-ring (bicyclic) bond motifs is 1. The van der Waals surface area contributed by atoms with Gasteiger partial charge < -0.3 is 19.7 Å². The maximum Gasteiger partial charge on any atom is 0.222 e. The third-order valence-electron chi connectivity index (χ3n) is 6.73. The Balaban J connectivity index is 1.10. The molecule has 1 aliphatic carbocycles. The number of morpholine rings is 1. The van der Waals surface area contributed by atoms with Crippen LogP contribution in [0.5, 0.6) is 5.75 Å². The van der Waals surface area contributed by atoms with E-state index in [1.54, 1.807) is 36.5 Å². The van der Waals surface area contributed by atoms with E-state index in [-0.39, 0.29) is 6.10 Å². The zero-order chi connectivity index (χ0) is 24.3. The molecule has 12 nitrogen and oxygen atoms in total. The van der Waals surface area contributed by atoms with Crippen LogP contribution in [0.25, 0.3) is 22.4 Å². The van der Waals surface area contributed by atoms with Gasteiger partial charge in [-0.1, -0.05) is 0 Å². The first kappa shape index (κ1) is 22.5. The number of tetrazole rings is 1. The first-order valence-electron chi connectivity index (χ1n) is 12.3. The number of aromatic nitrogens is 8. The van der Waals surface area contributed by atoms with Gasteiger partial charge in [-0.3, -0.25) is 4.98 Å². The fraction of sp³-hybridized carbons (Fsp3) is 0.458. The topological polar surface area (TPSA) is 129 Å². The Morgan fingerprint density at radius 2 is 1.75 bits per heavy atom. The molecule has 4 heterocycles. The average Bonchev–Trinajstić information content (AvgIpc) is 3.36. The number of ether oxygens (including phenoxy) is 2. The van der Waals surface area contributed by atoms with Gasteiger partial charge in [0.05, 0.1) is 30.4 Å². The minimum absolute atomic E-state index is 0.125. The summed E-state index contributed by atoms with van der Waals surface area (Å²) < 4.78 is 13.6. The Morgan fingerprint density at radius 1 is 0.972 bits per heavy atom. The molecular formula is C24H28N10O2. The lowest BCUT2D eigenvalue weighted by atomic mass is 9.93.